The van der Waals surface area contributed by atoms with Gasteiger partial charge in [0.25, 0.3) is 0 Å². The molecule has 0 aliphatic carbocycles. The summed E-state index contributed by atoms with van der Waals surface area (Å²) in [6, 6.07) is 4.62. The lowest BCUT2D eigenvalue weighted by atomic mass is 9.77. The molecule has 1 saturated heterocycles. The van der Waals surface area contributed by atoms with Crippen LogP contribution in [0.1, 0.15) is 18.4 Å². The number of piperidine rings is 1. The number of thiophene rings is 1. The maximum atomic E-state index is 9.25. The summed E-state index contributed by atoms with van der Waals surface area (Å²) in [5, 5.41) is 16.8. The van der Waals surface area contributed by atoms with Gasteiger partial charge >= 0.3 is 0 Å². The summed E-state index contributed by atoms with van der Waals surface area (Å²) in [5.74, 6) is 0. The molecule has 1 aliphatic heterocycles. The van der Waals surface area contributed by atoms with Crippen molar-refractivity contribution in [1.29, 1.82) is 5.26 Å². The minimum absolute atomic E-state index is 0.153. The third kappa shape index (κ3) is 1.97. The topological polar surface area (TPSA) is 35.8 Å². The van der Waals surface area contributed by atoms with Gasteiger partial charge in [0.1, 0.15) is 0 Å². The number of nitrogens with zero attached hydrogens (tertiary/aromatic N) is 1. The Labute approximate surface area is 88.6 Å². The number of nitriles is 1. The summed E-state index contributed by atoms with van der Waals surface area (Å²) in [6.45, 7) is 1.91. The van der Waals surface area contributed by atoms with E-state index >= 15 is 0 Å². The lowest BCUT2D eigenvalue weighted by Gasteiger charge is -2.30. The molecule has 1 fully saturated rings. The Balaban J connectivity index is 2.09. The van der Waals surface area contributed by atoms with E-state index in [0.717, 1.165) is 32.4 Å². The van der Waals surface area contributed by atoms with E-state index in [0.29, 0.717) is 0 Å². The van der Waals surface area contributed by atoms with Gasteiger partial charge in [-0.25, -0.2) is 0 Å². The highest BCUT2D eigenvalue weighted by Crippen LogP contribution is 2.30. The zero-order valence-corrected chi connectivity index (χ0v) is 8.94. The molecule has 2 nitrogen and oxygen atoms in total. The van der Waals surface area contributed by atoms with E-state index in [4.69, 9.17) is 0 Å². The summed E-state index contributed by atoms with van der Waals surface area (Å²) < 4.78 is 0. The van der Waals surface area contributed by atoms with Crippen molar-refractivity contribution in [2.75, 3.05) is 13.1 Å². The van der Waals surface area contributed by atoms with Crippen LogP contribution in [0.5, 0.6) is 0 Å². The molecular formula is C11H14N2S. The van der Waals surface area contributed by atoms with Gasteiger partial charge in [0.05, 0.1) is 11.5 Å². The van der Waals surface area contributed by atoms with Crippen LogP contribution in [-0.4, -0.2) is 13.1 Å². The first-order chi connectivity index (χ1) is 6.85. The predicted molar refractivity (Wildman–Crippen MR) is 58.2 cm³/mol. The highest BCUT2D eigenvalue weighted by molar-refractivity contribution is 7.07. The molecule has 2 rings (SSSR count). The summed E-state index contributed by atoms with van der Waals surface area (Å²) in [6.07, 6.45) is 3.06. The first-order valence-corrected chi connectivity index (χ1v) is 5.92. The van der Waals surface area contributed by atoms with Crippen LogP contribution in [0, 0.1) is 16.7 Å². The minimum atomic E-state index is -0.153. The van der Waals surface area contributed by atoms with Gasteiger partial charge in [0, 0.05) is 6.54 Å². The average molecular weight is 206 g/mol. The van der Waals surface area contributed by atoms with E-state index in [2.05, 4.69) is 28.2 Å². The number of nitrogens with one attached hydrogen (secondary N) is 1. The molecule has 14 heavy (non-hydrogen) atoms. The Bertz CT molecular complexity index is 318. The van der Waals surface area contributed by atoms with Crippen molar-refractivity contribution in [3.63, 3.8) is 0 Å². The first-order valence-electron chi connectivity index (χ1n) is 4.98. The second kappa shape index (κ2) is 4.12. The maximum Gasteiger partial charge on any atom is 0.0739 e. The zero-order chi connectivity index (χ0) is 9.86. The number of hydrogen-bond donors (Lipinski definition) is 1. The van der Waals surface area contributed by atoms with E-state index < -0.39 is 0 Å². The maximum absolute atomic E-state index is 9.25. The highest BCUT2D eigenvalue weighted by atomic mass is 32.1. The monoisotopic (exact) mass is 206 g/mol. The number of hydrogen-bond acceptors (Lipinski definition) is 3. The lowest BCUT2D eigenvalue weighted by molar-refractivity contribution is 0.286. The molecule has 1 aromatic heterocycles. The molecule has 0 radical (unpaired) electrons. The normalized spacial score (nSPS) is 27.1. The standard InChI is InChI=1S/C11H14N2S/c12-8-11(3-1-4-13-9-11)6-10-2-5-14-7-10/h2,5,7,13H,1,3-4,6,9H2. The molecule has 3 heteroatoms. The summed E-state index contributed by atoms with van der Waals surface area (Å²) >= 11 is 1.71. The van der Waals surface area contributed by atoms with Crippen LogP contribution in [0.4, 0.5) is 0 Å². The van der Waals surface area contributed by atoms with Crippen molar-refractivity contribution in [3.8, 4) is 6.07 Å². The van der Waals surface area contributed by atoms with Crippen LogP contribution >= 0.6 is 11.3 Å². The quantitative estimate of drug-likeness (QED) is 0.805. The Morgan fingerprint density at radius 2 is 2.57 bits per heavy atom. The van der Waals surface area contributed by atoms with Crippen LogP contribution in [0.3, 0.4) is 0 Å². The van der Waals surface area contributed by atoms with Gasteiger partial charge < -0.3 is 5.32 Å². The number of rotatable bonds is 2. The fourth-order valence-corrected chi connectivity index (χ4v) is 2.71. The third-order valence-electron chi connectivity index (χ3n) is 2.83. The van der Waals surface area contributed by atoms with Crippen LogP contribution in [-0.2, 0) is 6.42 Å². The molecule has 0 saturated carbocycles. The molecule has 0 amide bonds. The average Bonchev–Trinajstić information content (AvgIpc) is 2.72. The minimum Gasteiger partial charge on any atom is -0.315 e. The van der Waals surface area contributed by atoms with Gasteiger partial charge in [-0.2, -0.15) is 16.6 Å². The SMILES string of the molecule is N#CC1(Cc2ccsc2)CCCNC1. The second-order valence-electron chi connectivity index (χ2n) is 3.98. The highest BCUT2D eigenvalue weighted by Gasteiger charge is 2.32. The van der Waals surface area contributed by atoms with Crippen molar-refractivity contribution in [2.45, 2.75) is 19.3 Å². The third-order valence-corrected chi connectivity index (χ3v) is 3.56. The van der Waals surface area contributed by atoms with E-state index in [-0.39, 0.29) is 5.41 Å². The molecule has 1 aliphatic rings. The first kappa shape index (κ1) is 9.70. The smallest absolute Gasteiger partial charge is 0.0739 e. The molecule has 74 valence electrons. The van der Waals surface area contributed by atoms with Gasteiger partial charge in [0.2, 0.25) is 0 Å². The van der Waals surface area contributed by atoms with E-state index in [1.165, 1.54) is 5.56 Å². The Morgan fingerprint density at radius 3 is 3.14 bits per heavy atom. The molecule has 1 unspecified atom stereocenters. The van der Waals surface area contributed by atoms with Gasteiger partial charge in [-0.05, 0) is 48.2 Å². The fraction of sp³-hybridized carbons (Fsp3) is 0.545. The van der Waals surface area contributed by atoms with E-state index in [9.17, 15) is 5.26 Å². The Kier molecular flexibility index (Phi) is 2.85. The molecule has 2 heterocycles. The molecule has 1 atom stereocenters. The predicted octanol–water partition coefficient (Wildman–Crippen LogP) is 2.18. The van der Waals surface area contributed by atoms with Crippen molar-refractivity contribution in [1.82, 2.24) is 5.32 Å². The van der Waals surface area contributed by atoms with Crippen LogP contribution in [0.25, 0.3) is 0 Å². The van der Waals surface area contributed by atoms with Crippen molar-refractivity contribution < 1.29 is 0 Å². The van der Waals surface area contributed by atoms with Gasteiger partial charge in [-0.15, -0.1) is 0 Å². The van der Waals surface area contributed by atoms with Crippen molar-refractivity contribution in [3.05, 3.63) is 22.4 Å². The lowest BCUT2D eigenvalue weighted by Crippen LogP contribution is -2.40. The largest absolute Gasteiger partial charge is 0.315 e. The van der Waals surface area contributed by atoms with Crippen LogP contribution in [0.15, 0.2) is 16.8 Å². The molecule has 0 spiro atoms. The van der Waals surface area contributed by atoms with Crippen LogP contribution < -0.4 is 5.32 Å². The Morgan fingerprint density at radius 1 is 1.64 bits per heavy atom. The Hall–Kier alpha value is -0.850. The fourth-order valence-electron chi connectivity index (χ4n) is 2.04. The molecule has 1 N–H and O–H groups in total. The van der Waals surface area contributed by atoms with Gasteiger partial charge in [-0.1, -0.05) is 0 Å². The van der Waals surface area contributed by atoms with Gasteiger partial charge in [0.15, 0.2) is 0 Å². The van der Waals surface area contributed by atoms with E-state index in [1.807, 2.05) is 0 Å². The summed E-state index contributed by atoms with van der Waals surface area (Å²) in [7, 11) is 0. The summed E-state index contributed by atoms with van der Waals surface area (Å²) in [5.41, 5.74) is 1.15. The summed E-state index contributed by atoms with van der Waals surface area (Å²) in [4.78, 5) is 0. The molecule has 0 aromatic carbocycles. The van der Waals surface area contributed by atoms with E-state index in [1.54, 1.807) is 11.3 Å². The second-order valence-corrected chi connectivity index (χ2v) is 4.76. The van der Waals surface area contributed by atoms with Crippen molar-refractivity contribution in [2.24, 2.45) is 5.41 Å². The van der Waals surface area contributed by atoms with Gasteiger partial charge in [-0.3, -0.25) is 0 Å². The molecular weight excluding hydrogens is 192 g/mol. The van der Waals surface area contributed by atoms with Crippen molar-refractivity contribution >= 4 is 11.3 Å². The van der Waals surface area contributed by atoms with Crippen LogP contribution in [0.2, 0.25) is 0 Å². The molecule has 0 bridgehead atoms. The zero-order valence-electron chi connectivity index (χ0n) is 8.12. The molecule has 1 aromatic rings.